The van der Waals surface area contributed by atoms with Gasteiger partial charge in [-0.2, -0.15) is 0 Å². The molecule has 3 N–H and O–H groups in total. The molecule has 1 aliphatic heterocycles. The van der Waals surface area contributed by atoms with Crippen LogP contribution in [0.5, 0.6) is 0 Å². The molecule has 2 amide bonds. The fraction of sp³-hybridized carbons (Fsp3) is 0.200. The topological polar surface area (TPSA) is 72.2 Å². The summed E-state index contributed by atoms with van der Waals surface area (Å²) < 4.78 is 0. The maximum atomic E-state index is 11.4. The zero-order chi connectivity index (χ0) is 11.0. The second-order valence-corrected chi connectivity index (χ2v) is 4.71. The first kappa shape index (κ1) is 10.0. The number of nitrogens with two attached hydrogens (primary N) is 1. The van der Waals surface area contributed by atoms with Crippen LogP contribution < -0.4 is 11.1 Å². The minimum Gasteiger partial charge on any atom is -0.366 e. The van der Waals surface area contributed by atoms with Gasteiger partial charge in [0.05, 0.1) is 10.9 Å². The van der Waals surface area contributed by atoms with Gasteiger partial charge in [0.1, 0.15) is 0 Å². The Balaban J connectivity index is 2.41. The number of fused-ring (bicyclic) bond motifs is 1. The van der Waals surface area contributed by atoms with Crippen molar-refractivity contribution in [3.63, 3.8) is 0 Å². The van der Waals surface area contributed by atoms with Gasteiger partial charge in [-0.1, -0.05) is 0 Å². The highest BCUT2D eigenvalue weighted by molar-refractivity contribution is 8.00. The van der Waals surface area contributed by atoms with E-state index in [1.54, 1.807) is 18.2 Å². The monoisotopic (exact) mass is 222 g/mol. The average molecular weight is 222 g/mol. The van der Waals surface area contributed by atoms with Crippen LogP contribution in [0.15, 0.2) is 23.1 Å². The van der Waals surface area contributed by atoms with E-state index in [0.29, 0.717) is 5.56 Å². The fourth-order valence-corrected chi connectivity index (χ4v) is 2.34. The van der Waals surface area contributed by atoms with E-state index in [1.807, 2.05) is 6.92 Å². The van der Waals surface area contributed by atoms with E-state index >= 15 is 0 Å². The molecule has 78 valence electrons. The van der Waals surface area contributed by atoms with Crippen molar-refractivity contribution in [1.82, 2.24) is 0 Å². The fourth-order valence-electron chi connectivity index (χ4n) is 1.35. The summed E-state index contributed by atoms with van der Waals surface area (Å²) in [5.41, 5.74) is 6.38. The Morgan fingerprint density at radius 2 is 2.27 bits per heavy atom. The van der Waals surface area contributed by atoms with Crippen LogP contribution in [0, 0.1) is 0 Å². The molecule has 2 rings (SSSR count). The molecule has 0 saturated carbocycles. The summed E-state index contributed by atoms with van der Waals surface area (Å²) in [5, 5.41) is 2.63. The van der Waals surface area contributed by atoms with Crippen molar-refractivity contribution < 1.29 is 9.59 Å². The summed E-state index contributed by atoms with van der Waals surface area (Å²) in [4.78, 5) is 23.2. The first-order valence-corrected chi connectivity index (χ1v) is 5.37. The summed E-state index contributed by atoms with van der Waals surface area (Å²) in [7, 11) is 0. The number of anilines is 1. The Hall–Kier alpha value is -1.49. The van der Waals surface area contributed by atoms with Gasteiger partial charge < -0.3 is 11.1 Å². The smallest absolute Gasteiger partial charge is 0.248 e. The van der Waals surface area contributed by atoms with E-state index in [2.05, 4.69) is 5.32 Å². The summed E-state index contributed by atoms with van der Waals surface area (Å²) in [5.74, 6) is -0.470. The highest BCUT2D eigenvalue weighted by atomic mass is 32.2. The van der Waals surface area contributed by atoms with E-state index in [0.717, 1.165) is 10.6 Å². The lowest BCUT2D eigenvalue weighted by Crippen LogP contribution is -2.26. The maximum Gasteiger partial charge on any atom is 0.248 e. The molecule has 4 nitrogen and oxygen atoms in total. The number of rotatable bonds is 1. The quantitative estimate of drug-likeness (QED) is 0.750. The van der Waals surface area contributed by atoms with Gasteiger partial charge in [0.2, 0.25) is 11.8 Å². The van der Waals surface area contributed by atoms with Gasteiger partial charge in [-0.25, -0.2) is 0 Å². The van der Waals surface area contributed by atoms with Gasteiger partial charge in [-0.05, 0) is 25.1 Å². The lowest BCUT2D eigenvalue weighted by Gasteiger charge is -2.21. The summed E-state index contributed by atoms with van der Waals surface area (Å²) in [6, 6.07) is 5.02. The van der Waals surface area contributed by atoms with Gasteiger partial charge in [-0.15, -0.1) is 11.8 Å². The molecule has 0 aromatic heterocycles. The Labute approximate surface area is 91.2 Å². The third-order valence-electron chi connectivity index (χ3n) is 2.20. The Morgan fingerprint density at radius 1 is 1.53 bits per heavy atom. The number of hydrogen-bond acceptors (Lipinski definition) is 3. The minimum absolute atomic E-state index is 0.0145. The molecule has 0 aliphatic carbocycles. The van der Waals surface area contributed by atoms with E-state index in [9.17, 15) is 9.59 Å². The molecule has 1 heterocycles. The van der Waals surface area contributed by atoms with Crippen molar-refractivity contribution in [1.29, 1.82) is 0 Å². The number of thioether (sulfide) groups is 1. The normalized spacial score (nSPS) is 19.3. The third kappa shape index (κ3) is 1.83. The van der Waals surface area contributed by atoms with Crippen LogP contribution in [0.25, 0.3) is 0 Å². The second-order valence-electron chi connectivity index (χ2n) is 3.32. The molecule has 0 radical (unpaired) electrons. The predicted octanol–water partition coefficient (Wildman–Crippen LogP) is 1.22. The van der Waals surface area contributed by atoms with E-state index in [-0.39, 0.29) is 11.2 Å². The van der Waals surface area contributed by atoms with Crippen molar-refractivity contribution in [2.45, 2.75) is 17.1 Å². The van der Waals surface area contributed by atoms with Gasteiger partial charge in [0.25, 0.3) is 0 Å². The number of carbonyl (C=O) groups excluding carboxylic acids is 2. The SMILES string of the molecule is CC1Sc2cc(C(N)=O)ccc2NC1=O. The Kier molecular flexibility index (Phi) is 2.40. The number of amides is 2. The molecule has 0 spiro atoms. The van der Waals surface area contributed by atoms with Crippen LogP contribution in [0.4, 0.5) is 5.69 Å². The summed E-state index contributed by atoms with van der Waals surface area (Å²) >= 11 is 1.43. The highest BCUT2D eigenvalue weighted by Crippen LogP contribution is 2.35. The first-order valence-electron chi connectivity index (χ1n) is 4.49. The molecule has 1 atom stereocenters. The highest BCUT2D eigenvalue weighted by Gasteiger charge is 2.23. The van der Waals surface area contributed by atoms with Gasteiger partial charge in [0.15, 0.2) is 0 Å². The van der Waals surface area contributed by atoms with Crippen molar-refractivity contribution >= 4 is 29.3 Å². The Morgan fingerprint density at radius 3 is 2.93 bits per heavy atom. The zero-order valence-electron chi connectivity index (χ0n) is 8.11. The summed E-state index contributed by atoms with van der Waals surface area (Å²) in [6.45, 7) is 1.82. The number of benzene rings is 1. The largest absolute Gasteiger partial charge is 0.366 e. The van der Waals surface area contributed by atoms with Crippen molar-refractivity contribution in [2.24, 2.45) is 5.73 Å². The van der Waals surface area contributed by atoms with Gasteiger partial charge in [0, 0.05) is 10.5 Å². The van der Waals surface area contributed by atoms with Crippen LogP contribution in [-0.2, 0) is 4.79 Å². The van der Waals surface area contributed by atoms with Gasteiger partial charge >= 0.3 is 0 Å². The molecular weight excluding hydrogens is 212 g/mol. The molecule has 15 heavy (non-hydrogen) atoms. The molecule has 1 aromatic carbocycles. The van der Waals surface area contributed by atoms with Crippen molar-refractivity contribution in [2.75, 3.05) is 5.32 Å². The molecule has 0 bridgehead atoms. The average Bonchev–Trinajstić information content (AvgIpc) is 2.19. The van der Waals surface area contributed by atoms with Crippen LogP contribution in [0.1, 0.15) is 17.3 Å². The Bertz CT molecular complexity index is 445. The molecular formula is C10H10N2O2S. The molecule has 5 heteroatoms. The first-order chi connectivity index (χ1) is 7.08. The summed E-state index contributed by atoms with van der Waals surface area (Å²) in [6.07, 6.45) is 0. The number of hydrogen-bond donors (Lipinski definition) is 2. The molecule has 1 aliphatic rings. The standard InChI is InChI=1S/C10H10N2O2S/c1-5-10(14)12-7-3-2-6(9(11)13)4-8(7)15-5/h2-5H,1H3,(H2,11,13)(H,12,14). The maximum absolute atomic E-state index is 11.4. The minimum atomic E-state index is -0.456. The predicted molar refractivity (Wildman–Crippen MR) is 58.9 cm³/mol. The van der Waals surface area contributed by atoms with Crippen molar-refractivity contribution in [3.8, 4) is 0 Å². The third-order valence-corrected chi connectivity index (χ3v) is 3.36. The zero-order valence-corrected chi connectivity index (χ0v) is 8.93. The van der Waals surface area contributed by atoms with Crippen LogP contribution in [0.2, 0.25) is 0 Å². The molecule has 1 aromatic rings. The van der Waals surface area contributed by atoms with E-state index < -0.39 is 5.91 Å². The van der Waals surface area contributed by atoms with Crippen molar-refractivity contribution in [3.05, 3.63) is 23.8 Å². The lowest BCUT2D eigenvalue weighted by molar-refractivity contribution is -0.115. The van der Waals surface area contributed by atoms with E-state index in [4.69, 9.17) is 5.73 Å². The van der Waals surface area contributed by atoms with Crippen LogP contribution in [0.3, 0.4) is 0 Å². The number of carbonyl (C=O) groups is 2. The lowest BCUT2D eigenvalue weighted by atomic mass is 10.2. The second kappa shape index (κ2) is 3.58. The van der Waals surface area contributed by atoms with E-state index in [1.165, 1.54) is 11.8 Å². The van der Waals surface area contributed by atoms with Gasteiger partial charge in [-0.3, -0.25) is 9.59 Å². The molecule has 1 unspecified atom stereocenters. The van der Waals surface area contributed by atoms with Crippen LogP contribution >= 0.6 is 11.8 Å². The number of primary amides is 1. The van der Waals surface area contributed by atoms with Crippen LogP contribution in [-0.4, -0.2) is 17.1 Å². The number of nitrogens with one attached hydrogen (secondary N) is 1. The molecule has 0 saturated heterocycles. The molecule has 0 fully saturated rings.